The molecule has 0 aromatic heterocycles. The lowest BCUT2D eigenvalue weighted by atomic mass is 10.0. The van der Waals surface area contributed by atoms with Crippen LogP contribution in [0.5, 0.6) is 0 Å². The Balaban J connectivity index is 1.82. The van der Waals surface area contributed by atoms with Crippen LogP contribution in [0, 0.1) is 3.57 Å². The first kappa shape index (κ1) is 40.0. The molecule has 0 heterocycles. The highest BCUT2D eigenvalue weighted by molar-refractivity contribution is 14.1. The van der Waals surface area contributed by atoms with Gasteiger partial charge >= 0.3 is 0 Å². The number of phosphoric ester groups is 1. The van der Waals surface area contributed by atoms with Crippen molar-refractivity contribution < 1.29 is 32.5 Å². The molecule has 0 radical (unpaired) electrons. The molecule has 42 heavy (non-hydrogen) atoms. The third-order valence-corrected chi connectivity index (χ3v) is 9.17. The smallest absolute Gasteiger partial charge is 0.268 e. The minimum absolute atomic E-state index is 0.0921. The molecule has 0 aliphatic carbocycles. The van der Waals surface area contributed by atoms with Crippen LogP contribution < -0.4 is 4.89 Å². The van der Waals surface area contributed by atoms with Crippen LogP contribution in [-0.4, -0.2) is 71.8 Å². The van der Waals surface area contributed by atoms with Crippen LogP contribution >= 0.6 is 30.4 Å². The van der Waals surface area contributed by atoms with E-state index < -0.39 is 13.9 Å². The van der Waals surface area contributed by atoms with Crippen molar-refractivity contribution in [2.75, 3.05) is 61.2 Å². The van der Waals surface area contributed by atoms with E-state index >= 15 is 0 Å². The van der Waals surface area contributed by atoms with Crippen LogP contribution in [0.25, 0.3) is 0 Å². The molecule has 1 aromatic rings. The van der Waals surface area contributed by atoms with Gasteiger partial charge in [0.1, 0.15) is 19.3 Å². The third-order valence-electron chi connectivity index (χ3n) is 7.48. The van der Waals surface area contributed by atoms with E-state index in [9.17, 15) is 9.46 Å². The van der Waals surface area contributed by atoms with Gasteiger partial charge in [-0.15, -0.1) is 0 Å². The zero-order chi connectivity index (χ0) is 30.9. The second-order valence-corrected chi connectivity index (χ2v) is 15.2. The predicted molar refractivity (Wildman–Crippen MR) is 181 cm³/mol. The van der Waals surface area contributed by atoms with Crippen LogP contribution in [0.4, 0.5) is 0 Å². The normalized spacial score (nSPS) is 14.2. The molecule has 0 amide bonds. The number of aryl methyl sites for hydroxylation is 1. The molecule has 1 aromatic carbocycles. The number of halogens is 1. The molecule has 7 nitrogen and oxygen atoms in total. The number of quaternary nitrogens is 1. The predicted octanol–water partition coefficient (Wildman–Crippen LogP) is 8.31. The summed E-state index contributed by atoms with van der Waals surface area (Å²) in [6.45, 7) is 1.53. The monoisotopic (exact) mass is 729 g/mol. The van der Waals surface area contributed by atoms with Crippen LogP contribution in [0.15, 0.2) is 24.3 Å². The molecule has 9 heteroatoms. The number of hydrogen-bond donors (Lipinski definition) is 0. The number of likely N-dealkylation sites (N-methyl/N-ethyl adjacent to an activating group) is 1. The Kier molecular flexibility index (Phi) is 23.9. The first-order valence-corrected chi connectivity index (χ1v) is 18.9. The SMILES string of the molecule is COC(COCCCCCCCCCCCCCCCCCCc1ccc([131I])cc1)COP(=O)([O-])OCC[N+](C)(C)C. The second kappa shape index (κ2) is 25.2. The lowest BCUT2D eigenvalue weighted by Gasteiger charge is -2.28. The number of nitrogens with zero attached hydrogens (tertiary/aromatic N) is 1. The summed E-state index contributed by atoms with van der Waals surface area (Å²) < 4.78 is 34.7. The maximum Gasteiger partial charge on any atom is 0.268 e. The van der Waals surface area contributed by atoms with Crippen LogP contribution in [0.3, 0.4) is 0 Å². The maximum atomic E-state index is 11.9. The summed E-state index contributed by atoms with van der Waals surface area (Å²) in [5.41, 5.74) is 1.48. The van der Waals surface area contributed by atoms with Gasteiger partial charge in [-0.3, -0.25) is 4.57 Å². The number of methoxy groups -OCH3 is 1. The van der Waals surface area contributed by atoms with Gasteiger partial charge in [0.05, 0.1) is 34.4 Å². The minimum atomic E-state index is -4.33. The largest absolute Gasteiger partial charge is 0.756 e. The van der Waals surface area contributed by atoms with E-state index in [-0.39, 0.29) is 13.2 Å². The quantitative estimate of drug-likeness (QED) is 0.0358. The molecule has 0 saturated heterocycles. The Hall–Kier alpha value is -0.0600. The van der Waals surface area contributed by atoms with E-state index in [1.165, 1.54) is 113 Å². The van der Waals surface area contributed by atoms with Crippen molar-refractivity contribution in [3.8, 4) is 0 Å². The van der Waals surface area contributed by atoms with Crippen molar-refractivity contribution in [3.05, 3.63) is 33.4 Å². The van der Waals surface area contributed by atoms with Gasteiger partial charge in [-0.2, -0.15) is 0 Å². The van der Waals surface area contributed by atoms with E-state index in [0.717, 1.165) is 12.8 Å². The van der Waals surface area contributed by atoms with Crippen LogP contribution in [0.1, 0.15) is 108 Å². The summed E-state index contributed by atoms with van der Waals surface area (Å²) in [5, 5.41) is 0. The fourth-order valence-electron chi connectivity index (χ4n) is 4.70. The second-order valence-electron chi connectivity index (χ2n) is 12.6. The van der Waals surface area contributed by atoms with Gasteiger partial charge in [-0.25, -0.2) is 0 Å². The Morgan fingerprint density at radius 2 is 1.19 bits per heavy atom. The van der Waals surface area contributed by atoms with Gasteiger partial charge < -0.3 is 27.9 Å². The van der Waals surface area contributed by atoms with Crippen molar-refractivity contribution in [2.24, 2.45) is 0 Å². The molecule has 246 valence electrons. The lowest BCUT2D eigenvalue weighted by Crippen LogP contribution is -2.37. The molecule has 0 bridgehead atoms. The number of benzene rings is 1. The molecule has 2 unspecified atom stereocenters. The molecule has 0 fully saturated rings. The highest BCUT2D eigenvalue weighted by Gasteiger charge is 2.17. The Morgan fingerprint density at radius 3 is 1.67 bits per heavy atom. The van der Waals surface area contributed by atoms with Crippen molar-refractivity contribution in [1.29, 1.82) is 0 Å². The standard InChI is InChI=1S/C33H61INO6P/c1-35(2,3)26-28-40-42(36,37)41-30-33(38-4)29-39-27-20-18-16-14-12-10-8-6-5-7-9-11-13-15-17-19-21-31-22-24-32(34)25-23-31/h22-25,33H,5-21,26-30H2,1-4H3/i34+4. The van der Waals surface area contributed by atoms with E-state index in [1.807, 2.05) is 21.1 Å². The highest BCUT2D eigenvalue weighted by atomic mass is 131. The third kappa shape index (κ3) is 25.3. The van der Waals surface area contributed by atoms with Crippen molar-refractivity contribution >= 4 is 30.4 Å². The summed E-state index contributed by atoms with van der Waals surface area (Å²) in [4.78, 5) is 11.9. The van der Waals surface area contributed by atoms with Gasteiger partial charge in [0.2, 0.25) is 0 Å². The molecule has 0 aliphatic rings. The van der Waals surface area contributed by atoms with Crippen LogP contribution in [-0.2, 0) is 29.5 Å². The van der Waals surface area contributed by atoms with E-state index in [2.05, 4.69) is 46.9 Å². The number of rotatable bonds is 29. The van der Waals surface area contributed by atoms with Crippen molar-refractivity contribution in [3.63, 3.8) is 0 Å². The molecular formula is C33H61INO6P. The number of hydrogen-bond acceptors (Lipinski definition) is 6. The van der Waals surface area contributed by atoms with Crippen molar-refractivity contribution in [1.82, 2.24) is 0 Å². The fourth-order valence-corrected chi connectivity index (χ4v) is 5.78. The highest BCUT2D eigenvalue weighted by Crippen LogP contribution is 2.38. The summed E-state index contributed by atoms with van der Waals surface area (Å²) in [6.07, 6.45) is 22.0. The number of unbranched alkanes of at least 4 members (excludes halogenated alkanes) is 15. The molecule has 2 atom stereocenters. The van der Waals surface area contributed by atoms with Gasteiger partial charge in [0, 0.05) is 17.3 Å². The molecule has 1 rings (SSSR count). The maximum absolute atomic E-state index is 11.9. The van der Waals surface area contributed by atoms with E-state index in [1.54, 1.807) is 0 Å². The fraction of sp³-hybridized carbons (Fsp3) is 0.818. The zero-order valence-electron chi connectivity index (χ0n) is 27.2. The van der Waals surface area contributed by atoms with E-state index in [0.29, 0.717) is 24.2 Å². The summed E-state index contributed by atoms with van der Waals surface area (Å²) >= 11 is 2.37. The summed E-state index contributed by atoms with van der Waals surface area (Å²) in [5.74, 6) is 0. The Labute approximate surface area is 271 Å². The number of ether oxygens (including phenoxy) is 2. The lowest BCUT2D eigenvalue weighted by molar-refractivity contribution is -0.870. The average molecular weight is 730 g/mol. The molecule has 0 saturated carbocycles. The minimum Gasteiger partial charge on any atom is -0.756 e. The zero-order valence-corrected chi connectivity index (χ0v) is 30.2. The first-order valence-electron chi connectivity index (χ1n) is 16.4. The van der Waals surface area contributed by atoms with Gasteiger partial charge in [0.15, 0.2) is 0 Å². The van der Waals surface area contributed by atoms with Crippen molar-refractivity contribution in [2.45, 2.75) is 115 Å². The molecule has 0 aliphatic heterocycles. The summed E-state index contributed by atoms with van der Waals surface area (Å²) in [7, 11) is 3.11. The molecular weight excluding hydrogens is 668 g/mol. The number of phosphoric acid groups is 1. The topological polar surface area (TPSA) is 77.1 Å². The summed E-state index contributed by atoms with van der Waals surface area (Å²) in [6, 6.07) is 8.96. The molecule has 0 N–H and O–H groups in total. The Morgan fingerprint density at radius 1 is 0.714 bits per heavy atom. The van der Waals surface area contributed by atoms with E-state index in [4.69, 9.17) is 18.5 Å². The van der Waals surface area contributed by atoms with Gasteiger partial charge in [-0.05, 0) is 59.5 Å². The van der Waals surface area contributed by atoms with Crippen LogP contribution in [0.2, 0.25) is 0 Å². The Bertz CT molecular complexity index is 805. The molecule has 0 spiro atoms. The average Bonchev–Trinajstić information content (AvgIpc) is 2.93. The first-order chi connectivity index (χ1) is 20.1. The van der Waals surface area contributed by atoms with Gasteiger partial charge in [-0.1, -0.05) is 102 Å². The van der Waals surface area contributed by atoms with Gasteiger partial charge in [0.25, 0.3) is 7.82 Å².